The second-order valence-corrected chi connectivity index (χ2v) is 9.41. The van der Waals surface area contributed by atoms with Crippen LogP contribution in [0.2, 0.25) is 0 Å². The third kappa shape index (κ3) is 3.58. The summed E-state index contributed by atoms with van der Waals surface area (Å²) in [6.07, 6.45) is 7.93. The Morgan fingerprint density at radius 3 is 1.44 bits per heavy atom. The molecule has 2 amide bonds. The van der Waals surface area contributed by atoms with E-state index in [0.29, 0.717) is 13.2 Å². The minimum Gasteiger partial charge on any atom is -0.374 e. The normalized spacial score (nSPS) is 29.6. The second kappa shape index (κ2) is 8.85. The van der Waals surface area contributed by atoms with Gasteiger partial charge in [0.1, 0.15) is 0 Å². The van der Waals surface area contributed by atoms with E-state index in [4.69, 9.17) is 9.47 Å². The van der Waals surface area contributed by atoms with Crippen LogP contribution in [0.3, 0.4) is 0 Å². The van der Waals surface area contributed by atoms with Crippen LogP contribution in [0.15, 0.2) is 85.0 Å². The minimum absolute atomic E-state index is 0.0252. The van der Waals surface area contributed by atoms with Gasteiger partial charge in [-0.1, -0.05) is 85.0 Å². The highest BCUT2D eigenvalue weighted by atomic mass is 16.5. The van der Waals surface area contributed by atoms with Crippen LogP contribution in [0, 0.1) is 11.8 Å². The predicted octanol–water partition coefficient (Wildman–Crippen LogP) is 3.20. The maximum absolute atomic E-state index is 13.7. The molecule has 2 aromatic carbocycles. The van der Waals surface area contributed by atoms with E-state index in [1.165, 1.54) is 0 Å². The van der Waals surface area contributed by atoms with Crippen LogP contribution in [0.1, 0.15) is 11.1 Å². The number of carbonyl (C=O) groups is 2. The van der Waals surface area contributed by atoms with E-state index in [0.717, 1.165) is 11.1 Å². The Balaban J connectivity index is 1.41. The summed E-state index contributed by atoms with van der Waals surface area (Å²) in [5.74, 6) is -1.10. The van der Waals surface area contributed by atoms with Crippen LogP contribution in [0.4, 0.5) is 0 Å². The van der Waals surface area contributed by atoms with Gasteiger partial charge < -0.3 is 19.3 Å². The van der Waals surface area contributed by atoms with E-state index in [2.05, 4.69) is 0 Å². The summed E-state index contributed by atoms with van der Waals surface area (Å²) in [5.41, 5.74) is 0.380. The molecule has 2 aromatic rings. The van der Waals surface area contributed by atoms with Gasteiger partial charge in [0.25, 0.3) is 0 Å². The molecule has 4 atom stereocenters. The molecule has 0 unspecified atom stereocenters. The molecule has 0 radical (unpaired) electrons. The lowest BCUT2D eigenvalue weighted by Crippen LogP contribution is -2.73. The lowest BCUT2D eigenvalue weighted by Gasteiger charge is -2.58. The average molecular weight is 459 g/mol. The SMILES string of the molecule is CN1C(=O)[C@@H]2C=C[C@@]1(COCc1ccccc1)[C@H]1C=C[C@]2(COCc2ccccc2)N(C)C1=O. The smallest absolute Gasteiger partial charge is 0.232 e. The predicted molar refractivity (Wildman–Crippen MR) is 128 cm³/mol. The van der Waals surface area contributed by atoms with Crippen molar-refractivity contribution in [1.29, 1.82) is 0 Å². The highest BCUT2D eigenvalue weighted by Crippen LogP contribution is 2.47. The molecular weight excluding hydrogens is 428 g/mol. The zero-order valence-corrected chi connectivity index (χ0v) is 19.6. The zero-order valence-electron chi connectivity index (χ0n) is 19.6. The van der Waals surface area contributed by atoms with Crippen molar-refractivity contribution in [3.63, 3.8) is 0 Å². The number of hydrogen-bond acceptors (Lipinski definition) is 4. The summed E-state index contributed by atoms with van der Waals surface area (Å²) < 4.78 is 12.2. The van der Waals surface area contributed by atoms with Gasteiger partial charge in [-0.2, -0.15) is 0 Å². The molecule has 6 aliphatic rings. The van der Waals surface area contributed by atoms with Gasteiger partial charge in [-0.15, -0.1) is 0 Å². The molecular formula is C28H30N2O4. The number of nitrogens with zero attached hydrogens (tertiary/aromatic N) is 2. The van der Waals surface area contributed by atoms with Crippen molar-refractivity contribution in [2.24, 2.45) is 11.8 Å². The van der Waals surface area contributed by atoms with Crippen molar-refractivity contribution in [3.8, 4) is 0 Å². The molecule has 176 valence electrons. The van der Waals surface area contributed by atoms with Gasteiger partial charge in [-0.05, 0) is 11.1 Å². The van der Waals surface area contributed by atoms with Gasteiger partial charge >= 0.3 is 0 Å². The second-order valence-electron chi connectivity index (χ2n) is 9.41. The largest absolute Gasteiger partial charge is 0.374 e. The summed E-state index contributed by atoms with van der Waals surface area (Å²) in [6.45, 7) is 1.30. The molecule has 6 heteroatoms. The first kappa shape index (κ1) is 22.6. The summed E-state index contributed by atoms with van der Waals surface area (Å²) in [7, 11) is 3.57. The molecule has 0 saturated carbocycles. The molecule has 5 aliphatic heterocycles. The number of carbonyl (C=O) groups excluding carboxylic acids is 2. The van der Waals surface area contributed by atoms with Crippen LogP contribution >= 0.6 is 0 Å². The van der Waals surface area contributed by atoms with Crippen molar-refractivity contribution in [2.45, 2.75) is 24.3 Å². The Morgan fingerprint density at radius 2 is 1.06 bits per heavy atom. The standard InChI is InChI=1S/C28H30N2O4/c1-29-25(31)23-13-15-27(29,19-33-17-21-9-5-3-6-10-21)24-14-16-28(23,30(2)26(24)32)20-34-18-22-11-7-4-8-12-22/h3-16,23-24H,17-20H2,1-2H3/t23-,24-,27+,28+/m0/s1. The Hall–Kier alpha value is -3.22. The summed E-state index contributed by atoms with van der Waals surface area (Å²) in [4.78, 5) is 30.8. The van der Waals surface area contributed by atoms with Gasteiger partial charge in [0.05, 0.1) is 49.3 Å². The Morgan fingerprint density at radius 1 is 0.676 bits per heavy atom. The van der Waals surface area contributed by atoms with E-state index in [1.807, 2.05) is 85.0 Å². The lowest BCUT2D eigenvalue weighted by molar-refractivity contribution is -0.167. The van der Waals surface area contributed by atoms with Crippen LogP contribution in [-0.2, 0) is 32.3 Å². The monoisotopic (exact) mass is 458 g/mol. The summed E-state index contributed by atoms with van der Waals surface area (Å²) in [5, 5.41) is 0. The lowest BCUT2D eigenvalue weighted by atomic mass is 9.66. The Bertz CT molecular complexity index is 1030. The fourth-order valence-electron chi connectivity index (χ4n) is 5.41. The van der Waals surface area contributed by atoms with Gasteiger partial charge in [-0.3, -0.25) is 9.59 Å². The highest BCUT2D eigenvalue weighted by molar-refractivity contribution is 5.93. The summed E-state index contributed by atoms with van der Waals surface area (Å²) >= 11 is 0. The van der Waals surface area contributed by atoms with Gasteiger partial charge in [0.2, 0.25) is 11.8 Å². The van der Waals surface area contributed by atoms with E-state index in [1.54, 1.807) is 23.9 Å². The number of hydrogen-bond donors (Lipinski definition) is 0. The van der Waals surface area contributed by atoms with Crippen molar-refractivity contribution in [1.82, 2.24) is 9.80 Å². The topological polar surface area (TPSA) is 59.1 Å². The summed E-state index contributed by atoms with van der Waals surface area (Å²) in [6, 6.07) is 19.8. The Labute approximate surface area is 200 Å². The number of amides is 2. The fourth-order valence-corrected chi connectivity index (χ4v) is 5.41. The van der Waals surface area contributed by atoms with Crippen LogP contribution in [0.25, 0.3) is 0 Å². The molecule has 5 heterocycles. The van der Waals surface area contributed by atoms with E-state index >= 15 is 0 Å². The number of benzene rings is 2. The number of rotatable bonds is 8. The molecule has 6 nitrogen and oxygen atoms in total. The third-order valence-electron chi connectivity index (χ3n) is 7.56. The first-order chi connectivity index (χ1) is 16.5. The molecule has 0 spiro atoms. The van der Waals surface area contributed by atoms with Gasteiger partial charge in [-0.25, -0.2) is 0 Å². The highest BCUT2D eigenvalue weighted by Gasteiger charge is 2.61. The maximum atomic E-state index is 13.7. The average Bonchev–Trinajstić information content (AvgIpc) is 2.85. The van der Waals surface area contributed by atoms with Crippen molar-refractivity contribution >= 4 is 11.8 Å². The van der Waals surface area contributed by atoms with Crippen LogP contribution in [0.5, 0.6) is 0 Å². The molecule has 34 heavy (non-hydrogen) atoms. The first-order valence-corrected chi connectivity index (χ1v) is 11.7. The third-order valence-corrected chi connectivity index (χ3v) is 7.56. The van der Waals surface area contributed by atoms with E-state index in [-0.39, 0.29) is 25.0 Å². The quantitative estimate of drug-likeness (QED) is 0.570. The number of ether oxygens (including phenoxy) is 2. The maximum Gasteiger partial charge on any atom is 0.232 e. The van der Waals surface area contributed by atoms with E-state index < -0.39 is 22.9 Å². The molecule has 0 aromatic heterocycles. The molecule has 0 N–H and O–H groups in total. The minimum atomic E-state index is -0.859. The van der Waals surface area contributed by atoms with Crippen molar-refractivity contribution in [2.75, 3.05) is 27.3 Å². The van der Waals surface area contributed by atoms with Crippen molar-refractivity contribution < 1.29 is 19.1 Å². The van der Waals surface area contributed by atoms with Crippen LogP contribution in [-0.4, -0.2) is 60.0 Å². The molecule has 1 aliphatic carbocycles. The molecule has 1 saturated heterocycles. The fraction of sp³-hybridized carbons (Fsp3) is 0.357. The van der Waals surface area contributed by atoms with Gasteiger partial charge in [0, 0.05) is 14.1 Å². The van der Waals surface area contributed by atoms with Crippen molar-refractivity contribution in [3.05, 3.63) is 96.1 Å². The van der Waals surface area contributed by atoms with Gasteiger partial charge in [0.15, 0.2) is 0 Å². The first-order valence-electron chi connectivity index (χ1n) is 11.7. The Kier molecular flexibility index (Phi) is 5.88. The molecule has 8 rings (SSSR count). The zero-order chi connectivity index (χ0) is 23.8. The molecule has 1 fully saturated rings. The number of likely N-dealkylation sites (N-methyl/N-ethyl adjacent to an activating group) is 2. The molecule has 4 bridgehead atoms. The van der Waals surface area contributed by atoms with E-state index in [9.17, 15) is 9.59 Å². The van der Waals surface area contributed by atoms with Crippen LogP contribution < -0.4 is 0 Å².